The van der Waals surface area contributed by atoms with Gasteiger partial charge in [-0.15, -0.1) is 11.6 Å². The third-order valence-electron chi connectivity index (χ3n) is 2.53. The molecule has 0 N–H and O–H groups in total. The van der Waals surface area contributed by atoms with E-state index in [0.717, 1.165) is 19.5 Å². The molecule has 0 spiro atoms. The van der Waals surface area contributed by atoms with Gasteiger partial charge in [0.1, 0.15) is 5.38 Å². The van der Waals surface area contributed by atoms with E-state index in [2.05, 4.69) is 23.8 Å². The topological polar surface area (TPSA) is 24.7 Å². The molecule has 0 heterocycles. The third-order valence-corrected chi connectivity index (χ3v) is 2.75. The molecule has 0 aliphatic rings. The number of alkyl halides is 1. The average Bonchev–Trinajstić information content (AvgIpc) is 2.33. The maximum absolute atomic E-state index is 6.04. The molecule has 0 aliphatic carbocycles. The summed E-state index contributed by atoms with van der Waals surface area (Å²) in [5, 5.41) is -0.136. The van der Waals surface area contributed by atoms with Gasteiger partial charge in [-0.3, -0.25) is 9.98 Å². The molecule has 0 radical (unpaired) electrons. The van der Waals surface area contributed by atoms with Gasteiger partial charge in [0.2, 0.25) is 0 Å². The molecule has 1 unspecified atom stereocenters. The van der Waals surface area contributed by atoms with Gasteiger partial charge in [-0.05, 0) is 12.8 Å². The van der Waals surface area contributed by atoms with E-state index in [1.54, 1.807) is 12.4 Å². The van der Waals surface area contributed by atoms with Gasteiger partial charge >= 0.3 is 0 Å². The van der Waals surface area contributed by atoms with Gasteiger partial charge in [0.05, 0.1) is 0 Å². The average molecular weight is 259 g/mol. The van der Waals surface area contributed by atoms with Crippen LogP contribution in [0, 0.1) is 0 Å². The summed E-state index contributed by atoms with van der Waals surface area (Å²) in [6, 6.07) is 0. The summed E-state index contributed by atoms with van der Waals surface area (Å²) in [6.07, 6.45) is 12.3. The van der Waals surface area contributed by atoms with Gasteiger partial charge in [0.15, 0.2) is 0 Å². The van der Waals surface area contributed by atoms with Crippen LogP contribution < -0.4 is 0 Å². The van der Waals surface area contributed by atoms with Crippen molar-refractivity contribution in [1.82, 2.24) is 0 Å². The van der Waals surface area contributed by atoms with Crippen molar-refractivity contribution in [3.63, 3.8) is 0 Å². The summed E-state index contributed by atoms with van der Waals surface area (Å²) >= 11 is 6.04. The molecule has 3 heteroatoms. The van der Waals surface area contributed by atoms with Crippen LogP contribution in [-0.4, -0.2) is 30.9 Å². The van der Waals surface area contributed by atoms with Gasteiger partial charge in [-0.2, -0.15) is 0 Å². The van der Waals surface area contributed by atoms with Crippen LogP contribution in [0.1, 0.15) is 58.8 Å². The van der Waals surface area contributed by atoms with Crippen molar-refractivity contribution >= 4 is 24.0 Å². The standard InChI is InChI=1S/C14H27ClN2/c1-3-5-7-9-11-17-13-14(15)12-16-10-8-6-4-2/h12-14H,3-11H2,1-2H3. The Morgan fingerprint density at radius 1 is 0.824 bits per heavy atom. The normalized spacial score (nSPS) is 13.8. The molecule has 2 nitrogen and oxygen atoms in total. The summed E-state index contributed by atoms with van der Waals surface area (Å²) in [5.41, 5.74) is 0. The second-order valence-corrected chi connectivity index (χ2v) is 4.83. The molecule has 0 saturated heterocycles. The molecule has 0 fully saturated rings. The van der Waals surface area contributed by atoms with Crippen LogP contribution >= 0.6 is 11.6 Å². The summed E-state index contributed by atoms with van der Waals surface area (Å²) in [6.45, 7) is 6.20. The van der Waals surface area contributed by atoms with Crippen molar-refractivity contribution in [2.45, 2.75) is 64.2 Å². The summed E-state index contributed by atoms with van der Waals surface area (Å²) in [7, 11) is 0. The Morgan fingerprint density at radius 3 is 1.82 bits per heavy atom. The van der Waals surface area contributed by atoms with E-state index < -0.39 is 0 Å². The first-order valence-corrected chi connectivity index (χ1v) is 7.38. The van der Waals surface area contributed by atoms with E-state index in [-0.39, 0.29) is 5.38 Å². The number of halogens is 1. The minimum atomic E-state index is -0.136. The number of unbranched alkanes of at least 4 members (excludes halogenated alkanes) is 5. The number of hydrogen-bond donors (Lipinski definition) is 0. The van der Waals surface area contributed by atoms with Gasteiger partial charge in [-0.25, -0.2) is 0 Å². The fourth-order valence-corrected chi connectivity index (χ4v) is 1.63. The van der Waals surface area contributed by atoms with Crippen LogP contribution in [0.25, 0.3) is 0 Å². The Hall–Kier alpha value is -0.370. The molecule has 17 heavy (non-hydrogen) atoms. The first kappa shape index (κ1) is 16.6. The first-order chi connectivity index (χ1) is 8.31. The van der Waals surface area contributed by atoms with Crippen LogP contribution in [-0.2, 0) is 0 Å². The SMILES string of the molecule is CCCCCCN=CC(Cl)C=NCCCCC. The molecule has 1 atom stereocenters. The van der Waals surface area contributed by atoms with Crippen molar-refractivity contribution in [1.29, 1.82) is 0 Å². The Morgan fingerprint density at radius 2 is 1.29 bits per heavy atom. The van der Waals surface area contributed by atoms with Crippen LogP contribution in [0.3, 0.4) is 0 Å². The molecule has 0 aromatic heterocycles. The quantitative estimate of drug-likeness (QED) is 0.296. The van der Waals surface area contributed by atoms with E-state index in [4.69, 9.17) is 11.6 Å². The zero-order valence-electron chi connectivity index (χ0n) is 11.4. The lowest BCUT2D eigenvalue weighted by atomic mass is 10.2. The predicted octanol–water partition coefficient (Wildman–Crippen LogP) is 4.51. The molecular weight excluding hydrogens is 232 g/mol. The van der Waals surface area contributed by atoms with E-state index in [1.165, 1.54) is 38.5 Å². The molecule has 0 saturated carbocycles. The maximum atomic E-state index is 6.04. The Labute approximate surface area is 112 Å². The van der Waals surface area contributed by atoms with Crippen LogP contribution in [0.2, 0.25) is 0 Å². The van der Waals surface area contributed by atoms with Gasteiger partial charge in [-0.1, -0.05) is 46.0 Å². The second-order valence-electron chi connectivity index (χ2n) is 4.32. The van der Waals surface area contributed by atoms with Gasteiger partial charge in [0.25, 0.3) is 0 Å². The van der Waals surface area contributed by atoms with E-state index in [0.29, 0.717) is 0 Å². The highest BCUT2D eigenvalue weighted by Gasteiger charge is 1.93. The lowest BCUT2D eigenvalue weighted by Gasteiger charge is -1.97. The molecule has 0 aromatic carbocycles. The lowest BCUT2D eigenvalue weighted by molar-refractivity contribution is 0.675. The maximum Gasteiger partial charge on any atom is 0.103 e. The Bertz CT molecular complexity index is 202. The van der Waals surface area contributed by atoms with E-state index >= 15 is 0 Å². The fraction of sp³-hybridized carbons (Fsp3) is 0.857. The van der Waals surface area contributed by atoms with Crippen LogP contribution in [0.5, 0.6) is 0 Å². The number of rotatable bonds is 11. The zero-order chi connectivity index (χ0) is 12.8. The highest BCUT2D eigenvalue weighted by Crippen LogP contribution is 1.99. The van der Waals surface area contributed by atoms with Crippen LogP contribution in [0.4, 0.5) is 0 Å². The predicted molar refractivity (Wildman–Crippen MR) is 80.0 cm³/mol. The number of hydrogen-bond acceptors (Lipinski definition) is 2. The van der Waals surface area contributed by atoms with Crippen molar-refractivity contribution in [2.24, 2.45) is 9.98 Å². The number of nitrogens with zero attached hydrogens (tertiary/aromatic N) is 2. The van der Waals surface area contributed by atoms with Crippen molar-refractivity contribution < 1.29 is 0 Å². The van der Waals surface area contributed by atoms with Crippen LogP contribution in [0.15, 0.2) is 9.98 Å². The highest BCUT2D eigenvalue weighted by atomic mass is 35.5. The van der Waals surface area contributed by atoms with E-state index in [1.807, 2.05) is 0 Å². The molecule has 0 aliphatic heterocycles. The molecular formula is C14H27ClN2. The third kappa shape index (κ3) is 13.6. The Balaban J connectivity index is 3.42. The minimum absolute atomic E-state index is 0.136. The molecule has 0 aromatic rings. The summed E-state index contributed by atoms with van der Waals surface area (Å²) < 4.78 is 0. The lowest BCUT2D eigenvalue weighted by Crippen LogP contribution is -2.02. The van der Waals surface area contributed by atoms with Gasteiger partial charge < -0.3 is 0 Å². The fourth-order valence-electron chi connectivity index (χ4n) is 1.47. The second kappa shape index (κ2) is 13.7. The van der Waals surface area contributed by atoms with Crippen molar-refractivity contribution in [3.8, 4) is 0 Å². The smallest absolute Gasteiger partial charge is 0.103 e. The van der Waals surface area contributed by atoms with Gasteiger partial charge in [0, 0.05) is 25.5 Å². The minimum Gasteiger partial charge on any atom is -0.296 e. The Kier molecular flexibility index (Phi) is 13.4. The molecule has 0 bridgehead atoms. The summed E-state index contributed by atoms with van der Waals surface area (Å²) in [4.78, 5) is 8.60. The molecule has 0 rings (SSSR count). The highest BCUT2D eigenvalue weighted by molar-refractivity contribution is 6.36. The van der Waals surface area contributed by atoms with E-state index in [9.17, 15) is 0 Å². The monoisotopic (exact) mass is 258 g/mol. The largest absolute Gasteiger partial charge is 0.296 e. The molecule has 100 valence electrons. The zero-order valence-corrected chi connectivity index (χ0v) is 12.1. The first-order valence-electron chi connectivity index (χ1n) is 6.95. The molecule has 0 amide bonds. The summed E-state index contributed by atoms with van der Waals surface area (Å²) in [5.74, 6) is 0. The van der Waals surface area contributed by atoms with Crippen molar-refractivity contribution in [3.05, 3.63) is 0 Å². The van der Waals surface area contributed by atoms with Crippen molar-refractivity contribution in [2.75, 3.05) is 13.1 Å². The number of aliphatic imine (C=N–C) groups is 2.